The van der Waals surface area contributed by atoms with Gasteiger partial charge in [-0.1, -0.05) is 28.1 Å². The molecule has 0 saturated heterocycles. The fourth-order valence-electron chi connectivity index (χ4n) is 2.65. The zero-order valence-corrected chi connectivity index (χ0v) is 12.9. The molecule has 1 aromatic rings. The number of benzene rings is 1. The van der Waals surface area contributed by atoms with E-state index in [9.17, 15) is 22.0 Å². The molecule has 0 heterocycles. The summed E-state index contributed by atoms with van der Waals surface area (Å²) in [5, 5.41) is 0. The van der Waals surface area contributed by atoms with Crippen molar-refractivity contribution in [3.8, 4) is 0 Å². The smallest absolute Gasteiger partial charge is 0.207 e. The molecule has 1 fully saturated rings. The maximum Gasteiger partial charge on any atom is 0.416 e. The molecule has 0 amide bonds. The van der Waals surface area contributed by atoms with Crippen molar-refractivity contribution in [1.82, 2.24) is 0 Å². The largest absolute Gasteiger partial charge is 0.416 e. The van der Waals surface area contributed by atoms with E-state index in [1.807, 2.05) is 0 Å². The molecule has 0 spiro atoms. The summed E-state index contributed by atoms with van der Waals surface area (Å²) in [7, 11) is 0. The zero-order chi connectivity index (χ0) is 15.7. The van der Waals surface area contributed by atoms with Crippen molar-refractivity contribution in [3.05, 3.63) is 35.4 Å². The Kier molecular flexibility index (Phi) is 4.96. The minimum Gasteiger partial charge on any atom is -0.207 e. The molecule has 1 atom stereocenters. The van der Waals surface area contributed by atoms with Crippen LogP contribution in [0.3, 0.4) is 0 Å². The van der Waals surface area contributed by atoms with Gasteiger partial charge in [-0.05, 0) is 42.9 Å². The molecular formula is C15H16BrF5. The maximum absolute atomic E-state index is 13.1. The minimum absolute atomic E-state index is 0.0188. The average molecular weight is 371 g/mol. The quantitative estimate of drug-likeness (QED) is 0.463. The Morgan fingerprint density at radius 2 is 1.62 bits per heavy atom. The highest BCUT2D eigenvalue weighted by molar-refractivity contribution is 9.09. The number of halogens is 6. The average Bonchev–Trinajstić information content (AvgIpc) is 2.38. The van der Waals surface area contributed by atoms with Crippen LogP contribution >= 0.6 is 15.9 Å². The van der Waals surface area contributed by atoms with E-state index < -0.39 is 17.7 Å². The molecule has 0 aliphatic heterocycles. The number of rotatable bonds is 3. The third-order valence-electron chi connectivity index (χ3n) is 3.99. The Morgan fingerprint density at radius 1 is 1.10 bits per heavy atom. The van der Waals surface area contributed by atoms with Gasteiger partial charge in [-0.3, -0.25) is 0 Å². The number of alkyl halides is 6. The number of hydrogen-bond acceptors (Lipinski definition) is 0. The fourth-order valence-corrected chi connectivity index (χ4v) is 3.55. The van der Waals surface area contributed by atoms with Crippen molar-refractivity contribution in [2.24, 2.45) is 5.92 Å². The van der Waals surface area contributed by atoms with Gasteiger partial charge in [-0.2, -0.15) is 13.2 Å². The van der Waals surface area contributed by atoms with E-state index in [2.05, 4.69) is 15.9 Å². The van der Waals surface area contributed by atoms with Crippen LogP contribution in [-0.2, 0) is 12.6 Å². The third-order valence-corrected chi connectivity index (χ3v) is 5.06. The summed E-state index contributed by atoms with van der Waals surface area (Å²) >= 11 is 3.50. The van der Waals surface area contributed by atoms with Crippen LogP contribution in [0, 0.1) is 5.92 Å². The molecule has 21 heavy (non-hydrogen) atoms. The van der Waals surface area contributed by atoms with Crippen LogP contribution in [0.5, 0.6) is 0 Å². The molecule has 1 saturated carbocycles. The summed E-state index contributed by atoms with van der Waals surface area (Å²) in [6.07, 6.45) is -3.09. The van der Waals surface area contributed by atoms with Gasteiger partial charge < -0.3 is 0 Å². The maximum atomic E-state index is 13.1. The van der Waals surface area contributed by atoms with E-state index in [-0.39, 0.29) is 23.6 Å². The van der Waals surface area contributed by atoms with Crippen LogP contribution in [0.1, 0.15) is 36.8 Å². The van der Waals surface area contributed by atoms with E-state index >= 15 is 0 Å². The molecule has 118 valence electrons. The SMILES string of the molecule is FC1(F)CCC(C(Br)Cc2ccc(C(F)(F)F)cc2)CC1. The predicted molar refractivity (Wildman–Crippen MR) is 74.8 cm³/mol. The lowest BCUT2D eigenvalue weighted by Crippen LogP contribution is -2.29. The molecule has 0 radical (unpaired) electrons. The second-order valence-electron chi connectivity index (χ2n) is 5.61. The Balaban J connectivity index is 1.92. The number of hydrogen-bond donors (Lipinski definition) is 0. The van der Waals surface area contributed by atoms with Gasteiger partial charge >= 0.3 is 6.18 Å². The molecule has 0 aromatic heterocycles. The third kappa shape index (κ3) is 4.66. The van der Waals surface area contributed by atoms with Crippen LogP contribution < -0.4 is 0 Å². The van der Waals surface area contributed by atoms with E-state index in [0.717, 1.165) is 17.7 Å². The molecule has 0 nitrogen and oxygen atoms in total. The first-order chi connectivity index (χ1) is 9.67. The van der Waals surface area contributed by atoms with Gasteiger partial charge in [0.1, 0.15) is 0 Å². The van der Waals surface area contributed by atoms with E-state index in [1.54, 1.807) is 0 Å². The molecule has 1 aliphatic carbocycles. The summed E-state index contributed by atoms with van der Waals surface area (Å²) in [6, 6.07) is 5.02. The minimum atomic E-state index is -4.33. The highest BCUT2D eigenvalue weighted by Crippen LogP contribution is 2.40. The van der Waals surface area contributed by atoms with E-state index in [1.165, 1.54) is 12.1 Å². The van der Waals surface area contributed by atoms with Crippen molar-refractivity contribution in [2.75, 3.05) is 0 Å². The highest BCUT2D eigenvalue weighted by Gasteiger charge is 2.37. The Morgan fingerprint density at radius 3 is 2.10 bits per heavy atom. The van der Waals surface area contributed by atoms with Gasteiger partial charge in [0.15, 0.2) is 0 Å². The van der Waals surface area contributed by atoms with Gasteiger partial charge in [0.25, 0.3) is 0 Å². The van der Waals surface area contributed by atoms with Crippen molar-refractivity contribution in [2.45, 2.75) is 49.0 Å². The predicted octanol–water partition coefficient (Wildman–Crippen LogP) is 5.84. The summed E-state index contributed by atoms with van der Waals surface area (Å²) in [5.41, 5.74) is 0.108. The molecule has 0 bridgehead atoms. The lowest BCUT2D eigenvalue weighted by Gasteiger charge is -2.31. The topological polar surface area (TPSA) is 0 Å². The normalized spacial score (nSPS) is 21.2. The van der Waals surface area contributed by atoms with Crippen LogP contribution in [0.25, 0.3) is 0 Å². The van der Waals surface area contributed by atoms with Crippen LogP contribution in [-0.4, -0.2) is 10.7 Å². The van der Waals surface area contributed by atoms with E-state index in [4.69, 9.17) is 0 Å². The summed E-state index contributed by atoms with van der Waals surface area (Å²) < 4.78 is 63.6. The zero-order valence-electron chi connectivity index (χ0n) is 11.3. The molecular weight excluding hydrogens is 355 g/mol. The van der Waals surface area contributed by atoms with E-state index in [0.29, 0.717) is 19.3 Å². The monoisotopic (exact) mass is 370 g/mol. The highest BCUT2D eigenvalue weighted by atomic mass is 79.9. The first-order valence-corrected chi connectivity index (χ1v) is 7.77. The van der Waals surface area contributed by atoms with Crippen LogP contribution in [0.2, 0.25) is 0 Å². The summed E-state index contributed by atoms with van der Waals surface area (Å²) in [5.74, 6) is -2.41. The van der Waals surface area contributed by atoms with Crippen molar-refractivity contribution < 1.29 is 22.0 Å². The second kappa shape index (κ2) is 6.23. The van der Waals surface area contributed by atoms with Crippen molar-refractivity contribution >= 4 is 15.9 Å². The molecule has 1 unspecified atom stereocenters. The Labute approximate surface area is 128 Å². The molecule has 1 aliphatic rings. The Bertz CT molecular complexity index is 456. The van der Waals surface area contributed by atoms with Crippen LogP contribution in [0.4, 0.5) is 22.0 Å². The van der Waals surface area contributed by atoms with Crippen molar-refractivity contribution in [3.63, 3.8) is 0 Å². The van der Waals surface area contributed by atoms with Gasteiger partial charge in [0, 0.05) is 17.7 Å². The molecule has 6 heteroatoms. The van der Waals surface area contributed by atoms with Crippen molar-refractivity contribution in [1.29, 1.82) is 0 Å². The van der Waals surface area contributed by atoms with Gasteiger partial charge in [0.2, 0.25) is 5.92 Å². The first-order valence-electron chi connectivity index (χ1n) is 6.85. The molecule has 0 N–H and O–H groups in total. The lowest BCUT2D eigenvalue weighted by molar-refractivity contribution is -0.137. The van der Waals surface area contributed by atoms with Gasteiger partial charge in [-0.15, -0.1) is 0 Å². The van der Waals surface area contributed by atoms with Gasteiger partial charge in [-0.25, -0.2) is 8.78 Å². The van der Waals surface area contributed by atoms with Gasteiger partial charge in [0.05, 0.1) is 5.56 Å². The molecule has 2 rings (SSSR count). The fraction of sp³-hybridized carbons (Fsp3) is 0.600. The molecule has 1 aromatic carbocycles. The second-order valence-corrected chi connectivity index (χ2v) is 6.78. The summed E-state index contributed by atoms with van der Waals surface area (Å²) in [6.45, 7) is 0. The Hall–Kier alpha value is -0.650. The first kappa shape index (κ1) is 16.7. The van der Waals surface area contributed by atoms with Crippen LogP contribution in [0.15, 0.2) is 24.3 Å². The standard InChI is InChI=1S/C15H16BrF5/c16-13(11-5-7-14(17,18)8-6-11)9-10-1-3-12(4-2-10)15(19,20)21/h1-4,11,13H,5-9H2. The summed E-state index contributed by atoms with van der Waals surface area (Å²) in [4.78, 5) is 0.0188. The lowest BCUT2D eigenvalue weighted by atomic mass is 9.83.